The van der Waals surface area contributed by atoms with Crippen LogP contribution >= 0.6 is 0 Å². The monoisotopic (exact) mass is 296 g/mol. The van der Waals surface area contributed by atoms with Crippen molar-refractivity contribution in [2.45, 2.75) is 6.92 Å². The van der Waals surface area contributed by atoms with Gasteiger partial charge in [0.2, 0.25) is 0 Å². The number of aryl methyl sites for hydroxylation is 1. The van der Waals surface area contributed by atoms with Gasteiger partial charge in [0.15, 0.2) is 0 Å². The third-order valence-electron chi connectivity index (χ3n) is 2.42. The van der Waals surface area contributed by atoms with Crippen LogP contribution in [0.4, 0.5) is 21.0 Å². The van der Waals surface area contributed by atoms with Gasteiger partial charge in [-0.25, -0.2) is 9.59 Å². The summed E-state index contributed by atoms with van der Waals surface area (Å²) in [4.78, 5) is 22.9. The van der Waals surface area contributed by atoms with Crippen molar-refractivity contribution < 1.29 is 19.1 Å². The van der Waals surface area contributed by atoms with Gasteiger partial charge in [-0.05, 0) is 24.6 Å². The molecule has 116 valence electrons. The van der Waals surface area contributed by atoms with Crippen molar-refractivity contribution in [3.05, 3.63) is 23.8 Å². The molecule has 0 aliphatic heterocycles. The predicted octanol–water partition coefficient (Wildman–Crippen LogP) is 1.01. The van der Waals surface area contributed by atoms with Crippen molar-refractivity contribution in [2.24, 2.45) is 11.5 Å². The van der Waals surface area contributed by atoms with Gasteiger partial charge in [-0.15, -0.1) is 0 Å². The molecule has 0 aromatic heterocycles. The molecule has 0 atom stereocenters. The highest BCUT2D eigenvalue weighted by Crippen LogP contribution is 2.20. The van der Waals surface area contributed by atoms with Gasteiger partial charge >= 0.3 is 12.2 Å². The number of nitrogens with two attached hydrogens (primary N) is 2. The molecule has 0 saturated carbocycles. The molecule has 0 radical (unpaired) electrons. The summed E-state index contributed by atoms with van der Waals surface area (Å²) in [5.41, 5.74) is 12.3. The number of ether oxygens (including phenoxy) is 2. The normalized spacial score (nSPS) is 9.86. The molecule has 0 fully saturated rings. The number of rotatable bonds is 6. The number of hydrogen-bond donors (Lipinski definition) is 4. The SMILES string of the molecule is Cc1ccc(NC(=O)OCCN)cc1NC(=O)OCCN. The second-order valence-corrected chi connectivity index (χ2v) is 4.13. The summed E-state index contributed by atoms with van der Waals surface area (Å²) in [6, 6.07) is 5.04. The minimum atomic E-state index is -0.610. The van der Waals surface area contributed by atoms with Crippen molar-refractivity contribution in [1.82, 2.24) is 0 Å². The van der Waals surface area contributed by atoms with Gasteiger partial charge in [0.25, 0.3) is 0 Å². The molecule has 8 nitrogen and oxygen atoms in total. The van der Waals surface area contributed by atoms with Crippen LogP contribution in [0.1, 0.15) is 5.56 Å². The van der Waals surface area contributed by atoms with Crippen LogP contribution in [0.25, 0.3) is 0 Å². The Morgan fingerprint density at radius 2 is 1.62 bits per heavy atom. The maximum atomic E-state index is 11.5. The highest BCUT2D eigenvalue weighted by molar-refractivity contribution is 5.89. The molecule has 1 aromatic carbocycles. The van der Waals surface area contributed by atoms with E-state index in [0.717, 1.165) is 5.56 Å². The van der Waals surface area contributed by atoms with Crippen molar-refractivity contribution in [2.75, 3.05) is 36.9 Å². The van der Waals surface area contributed by atoms with Gasteiger partial charge < -0.3 is 20.9 Å². The third kappa shape index (κ3) is 6.11. The molecular weight excluding hydrogens is 276 g/mol. The first kappa shape index (κ1) is 16.7. The van der Waals surface area contributed by atoms with E-state index in [2.05, 4.69) is 10.6 Å². The first-order valence-electron chi connectivity index (χ1n) is 6.45. The van der Waals surface area contributed by atoms with E-state index in [9.17, 15) is 9.59 Å². The molecule has 0 saturated heterocycles. The van der Waals surface area contributed by atoms with E-state index in [1.165, 1.54) is 0 Å². The van der Waals surface area contributed by atoms with Gasteiger partial charge in [-0.2, -0.15) is 0 Å². The Labute approximate surface area is 122 Å². The fourth-order valence-electron chi connectivity index (χ4n) is 1.44. The lowest BCUT2D eigenvalue weighted by Gasteiger charge is -2.11. The fraction of sp³-hybridized carbons (Fsp3) is 0.385. The maximum absolute atomic E-state index is 11.5. The lowest BCUT2D eigenvalue weighted by molar-refractivity contribution is 0.164. The largest absolute Gasteiger partial charge is 0.448 e. The highest BCUT2D eigenvalue weighted by Gasteiger charge is 2.08. The Hall–Kier alpha value is -2.32. The topological polar surface area (TPSA) is 129 Å². The fourth-order valence-corrected chi connectivity index (χ4v) is 1.44. The zero-order valence-electron chi connectivity index (χ0n) is 11.8. The van der Waals surface area contributed by atoms with E-state index in [4.69, 9.17) is 20.9 Å². The Balaban J connectivity index is 2.66. The van der Waals surface area contributed by atoms with E-state index in [-0.39, 0.29) is 26.3 Å². The Morgan fingerprint density at radius 3 is 2.19 bits per heavy atom. The van der Waals surface area contributed by atoms with E-state index < -0.39 is 12.2 Å². The minimum absolute atomic E-state index is 0.133. The van der Waals surface area contributed by atoms with Crippen molar-refractivity contribution in [1.29, 1.82) is 0 Å². The van der Waals surface area contributed by atoms with E-state index in [1.807, 2.05) is 6.92 Å². The van der Waals surface area contributed by atoms with Crippen LogP contribution in [0.2, 0.25) is 0 Å². The lowest BCUT2D eigenvalue weighted by atomic mass is 10.2. The zero-order valence-corrected chi connectivity index (χ0v) is 11.8. The molecule has 21 heavy (non-hydrogen) atoms. The molecule has 1 rings (SSSR count). The smallest absolute Gasteiger partial charge is 0.411 e. The molecule has 0 aliphatic rings. The molecular formula is C13H20N4O4. The third-order valence-corrected chi connectivity index (χ3v) is 2.42. The van der Waals surface area contributed by atoms with Crippen LogP contribution in [0.5, 0.6) is 0 Å². The number of nitrogens with one attached hydrogen (secondary N) is 2. The molecule has 8 heteroatoms. The lowest BCUT2D eigenvalue weighted by Crippen LogP contribution is -2.20. The molecule has 0 unspecified atom stereocenters. The molecule has 2 amide bonds. The van der Waals surface area contributed by atoms with E-state index in [1.54, 1.807) is 18.2 Å². The van der Waals surface area contributed by atoms with E-state index >= 15 is 0 Å². The second kappa shape index (κ2) is 8.77. The standard InChI is InChI=1S/C13H20N4O4/c1-9-2-3-10(16-12(18)20-6-4-14)8-11(9)17-13(19)21-7-5-15/h2-3,8H,4-7,14-15H2,1H3,(H,16,18)(H,17,19). The van der Waals surface area contributed by atoms with Crippen molar-refractivity contribution in [3.8, 4) is 0 Å². The van der Waals surface area contributed by atoms with Crippen LogP contribution in [-0.2, 0) is 9.47 Å². The average molecular weight is 296 g/mol. The first-order chi connectivity index (χ1) is 10.1. The molecule has 0 aliphatic carbocycles. The van der Waals surface area contributed by atoms with Gasteiger partial charge in [0, 0.05) is 24.5 Å². The summed E-state index contributed by atoms with van der Waals surface area (Å²) in [7, 11) is 0. The first-order valence-corrected chi connectivity index (χ1v) is 6.45. The molecule has 0 bridgehead atoms. The van der Waals surface area contributed by atoms with E-state index in [0.29, 0.717) is 11.4 Å². The summed E-state index contributed by atoms with van der Waals surface area (Å²) < 4.78 is 9.62. The second-order valence-electron chi connectivity index (χ2n) is 4.13. The Bertz CT molecular complexity index is 493. The van der Waals surface area contributed by atoms with Crippen LogP contribution < -0.4 is 22.1 Å². The predicted molar refractivity (Wildman–Crippen MR) is 79.2 cm³/mol. The van der Waals surface area contributed by atoms with Gasteiger partial charge in [0.05, 0.1) is 0 Å². The van der Waals surface area contributed by atoms with Gasteiger partial charge in [-0.1, -0.05) is 6.07 Å². The summed E-state index contributed by atoms with van der Waals surface area (Å²) in [5, 5.41) is 5.10. The minimum Gasteiger partial charge on any atom is -0.448 e. The number of anilines is 2. The average Bonchev–Trinajstić information content (AvgIpc) is 2.46. The molecule has 6 N–H and O–H groups in total. The number of carbonyl (C=O) groups is 2. The van der Waals surface area contributed by atoms with Crippen LogP contribution in [0.3, 0.4) is 0 Å². The van der Waals surface area contributed by atoms with Crippen LogP contribution in [0.15, 0.2) is 18.2 Å². The van der Waals surface area contributed by atoms with Crippen LogP contribution in [0, 0.1) is 6.92 Å². The van der Waals surface area contributed by atoms with Crippen LogP contribution in [-0.4, -0.2) is 38.5 Å². The number of benzene rings is 1. The summed E-state index contributed by atoms with van der Waals surface area (Å²) in [6.07, 6.45) is -1.22. The highest BCUT2D eigenvalue weighted by atomic mass is 16.6. The summed E-state index contributed by atoms with van der Waals surface area (Å²) in [5.74, 6) is 0. The molecule has 0 spiro atoms. The Kier molecular flexibility index (Phi) is 6.99. The zero-order chi connectivity index (χ0) is 15.7. The van der Waals surface area contributed by atoms with Gasteiger partial charge in [-0.3, -0.25) is 10.6 Å². The molecule has 0 heterocycles. The number of amides is 2. The molecule has 1 aromatic rings. The maximum Gasteiger partial charge on any atom is 0.411 e. The Morgan fingerprint density at radius 1 is 1.05 bits per heavy atom. The number of carbonyl (C=O) groups excluding carboxylic acids is 2. The van der Waals surface area contributed by atoms with Crippen molar-refractivity contribution >= 4 is 23.6 Å². The van der Waals surface area contributed by atoms with Gasteiger partial charge in [0.1, 0.15) is 13.2 Å². The number of hydrogen-bond acceptors (Lipinski definition) is 6. The summed E-state index contributed by atoms with van der Waals surface area (Å²) >= 11 is 0. The van der Waals surface area contributed by atoms with Crippen molar-refractivity contribution in [3.63, 3.8) is 0 Å². The summed E-state index contributed by atoms with van der Waals surface area (Å²) in [6.45, 7) is 2.58. The quantitative estimate of drug-likeness (QED) is 0.620.